The number of piperazine rings is 1. The zero-order chi connectivity index (χ0) is 16.2. The molecule has 6 nitrogen and oxygen atoms in total. The van der Waals surface area contributed by atoms with Gasteiger partial charge in [0.1, 0.15) is 5.69 Å². The molecule has 23 heavy (non-hydrogen) atoms. The minimum atomic E-state index is -0.234. The predicted octanol–water partition coefficient (Wildman–Crippen LogP) is 1.79. The smallest absolute Gasteiger partial charge is 0.275 e. The van der Waals surface area contributed by atoms with Gasteiger partial charge in [0.2, 0.25) is 0 Å². The number of aryl methyl sites for hydroxylation is 1. The number of nitrogens with zero attached hydrogens (tertiary/aromatic N) is 4. The van der Waals surface area contributed by atoms with Crippen LogP contribution < -0.4 is 10.2 Å². The topological polar surface area (TPSA) is 61.4 Å². The summed E-state index contributed by atoms with van der Waals surface area (Å²) in [6, 6.07) is 7.89. The third-order valence-corrected chi connectivity index (χ3v) is 3.98. The van der Waals surface area contributed by atoms with E-state index in [4.69, 9.17) is 0 Å². The number of carbonyl (C=O) groups is 1. The molecule has 0 spiro atoms. The maximum Gasteiger partial charge on any atom is 0.275 e. The molecule has 1 saturated heterocycles. The number of carbonyl (C=O) groups excluding carboxylic acids is 1. The Morgan fingerprint density at radius 3 is 2.61 bits per heavy atom. The van der Waals surface area contributed by atoms with Crippen LogP contribution in [0.2, 0.25) is 0 Å². The molecule has 0 bridgehead atoms. The highest BCUT2D eigenvalue weighted by molar-refractivity contribution is 6.04. The molecule has 0 atom stereocenters. The number of aromatic nitrogens is 2. The molecular weight excluding hydrogens is 290 g/mol. The zero-order valence-corrected chi connectivity index (χ0v) is 13.5. The second kappa shape index (κ2) is 6.75. The number of nitrogens with one attached hydrogen (secondary N) is 1. The van der Waals surface area contributed by atoms with E-state index in [-0.39, 0.29) is 5.91 Å². The van der Waals surface area contributed by atoms with Crippen LogP contribution in [0.4, 0.5) is 11.4 Å². The van der Waals surface area contributed by atoms with E-state index < -0.39 is 0 Å². The summed E-state index contributed by atoms with van der Waals surface area (Å²) < 4.78 is 0. The Morgan fingerprint density at radius 2 is 1.87 bits per heavy atom. The van der Waals surface area contributed by atoms with Crippen molar-refractivity contribution in [3.05, 3.63) is 48.0 Å². The molecule has 1 aromatic carbocycles. The molecule has 120 valence electrons. The molecule has 0 radical (unpaired) electrons. The number of amides is 1. The lowest BCUT2D eigenvalue weighted by molar-refractivity contribution is 0.102. The Balaban J connectivity index is 1.79. The summed E-state index contributed by atoms with van der Waals surface area (Å²) in [5, 5.41) is 2.97. The molecule has 1 aliphatic rings. The molecule has 0 saturated carbocycles. The van der Waals surface area contributed by atoms with Crippen molar-refractivity contribution in [2.24, 2.45) is 0 Å². The second-order valence-electron chi connectivity index (χ2n) is 5.81. The third-order valence-electron chi connectivity index (χ3n) is 3.98. The minimum Gasteiger partial charge on any atom is -0.367 e. The van der Waals surface area contributed by atoms with Crippen molar-refractivity contribution in [1.82, 2.24) is 14.9 Å². The van der Waals surface area contributed by atoms with Crippen molar-refractivity contribution >= 4 is 17.3 Å². The van der Waals surface area contributed by atoms with Crippen LogP contribution in [0.15, 0.2) is 36.7 Å². The van der Waals surface area contributed by atoms with Gasteiger partial charge in [-0.05, 0) is 26.1 Å². The molecular formula is C17H21N5O. The van der Waals surface area contributed by atoms with Gasteiger partial charge in [0.25, 0.3) is 5.91 Å². The number of hydrogen-bond acceptors (Lipinski definition) is 5. The Kier molecular flexibility index (Phi) is 4.52. The van der Waals surface area contributed by atoms with E-state index in [1.807, 2.05) is 31.2 Å². The van der Waals surface area contributed by atoms with Crippen LogP contribution in [0.25, 0.3) is 0 Å². The van der Waals surface area contributed by atoms with E-state index in [0.29, 0.717) is 5.69 Å². The van der Waals surface area contributed by atoms with E-state index in [0.717, 1.165) is 43.2 Å². The molecule has 6 heteroatoms. The Bertz CT molecular complexity index is 695. The van der Waals surface area contributed by atoms with Gasteiger partial charge in [-0.15, -0.1) is 0 Å². The van der Waals surface area contributed by atoms with E-state index >= 15 is 0 Å². The average molecular weight is 311 g/mol. The van der Waals surface area contributed by atoms with Gasteiger partial charge in [0.05, 0.1) is 23.3 Å². The van der Waals surface area contributed by atoms with Crippen LogP contribution in [0.5, 0.6) is 0 Å². The first kappa shape index (κ1) is 15.4. The fourth-order valence-corrected chi connectivity index (χ4v) is 2.66. The minimum absolute atomic E-state index is 0.234. The van der Waals surface area contributed by atoms with Gasteiger partial charge >= 0.3 is 0 Å². The highest BCUT2D eigenvalue weighted by atomic mass is 16.1. The monoisotopic (exact) mass is 311 g/mol. The summed E-state index contributed by atoms with van der Waals surface area (Å²) in [4.78, 5) is 25.3. The van der Waals surface area contributed by atoms with Crippen molar-refractivity contribution in [3.8, 4) is 0 Å². The predicted molar refractivity (Wildman–Crippen MR) is 90.9 cm³/mol. The fraction of sp³-hybridized carbons (Fsp3) is 0.353. The number of para-hydroxylation sites is 2. The highest BCUT2D eigenvalue weighted by Crippen LogP contribution is 2.26. The number of anilines is 2. The molecule has 1 amide bonds. The van der Waals surface area contributed by atoms with E-state index in [2.05, 4.69) is 32.1 Å². The van der Waals surface area contributed by atoms with E-state index in [1.165, 1.54) is 6.20 Å². The average Bonchev–Trinajstić information content (AvgIpc) is 2.56. The van der Waals surface area contributed by atoms with Crippen molar-refractivity contribution in [2.75, 3.05) is 43.4 Å². The zero-order valence-electron chi connectivity index (χ0n) is 13.5. The van der Waals surface area contributed by atoms with E-state index in [9.17, 15) is 4.79 Å². The summed E-state index contributed by atoms with van der Waals surface area (Å²) in [5.74, 6) is -0.234. The number of likely N-dealkylation sites (N-methyl/N-ethyl adjacent to an activating group) is 1. The number of rotatable bonds is 3. The molecule has 1 aliphatic heterocycles. The van der Waals surface area contributed by atoms with Gasteiger partial charge in [-0.3, -0.25) is 9.78 Å². The summed E-state index contributed by atoms with van der Waals surface area (Å²) in [7, 11) is 2.13. The van der Waals surface area contributed by atoms with Crippen molar-refractivity contribution in [2.45, 2.75) is 6.92 Å². The van der Waals surface area contributed by atoms with Crippen molar-refractivity contribution in [1.29, 1.82) is 0 Å². The van der Waals surface area contributed by atoms with Crippen LogP contribution in [-0.4, -0.2) is 54.0 Å². The second-order valence-corrected chi connectivity index (χ2v) is 5.81. The largest absolute Gasteiger partial charge is 0.367 e. The molecule has 2 heterocycles. The van der Waals surface area contributed by atoms with Gasteiger partial charge < -0.3 is 15.1 Å². The van der Waals surface area contributed by atoms with Crippen LogP contribution in [0, 0.1) is 6.92 Å². The maximum atomic E-state index is 12.4. The van der Waals surface area contributed by atoms with Crippen LogP contribution in [-0.2, 0) is 0 Å². The van der Waals surface area contributed by atoms with Gasteiger partial charge in [-0.1, -0.05) is 12.1 Å². The standard InChI is InChI=1S/C17H21N5O/c1-13-11-18-12-15(19-13)17(23)20-14-5-3-4-6-16(14)22-9-7-21(2)8-10-22/h3-6,11-12H,7-10H2,1-2H3,(H,20,23). The van der Waals surface area contributed by atoms with Gasteiger partial charge in [-0.25, -0.2) is 4.98 Å². The Hall–Kier alpha value is -2.47. The van der Waals surface area contributed by atoms with E-state index in [1.54, 1.807) is 6.20 Å². The first-order valence-corrected chi connectivity index (χ1v) is 7.76. The van der Waals surface area contributed by atoms with Gasteiger partial charge in [0.15, 0.2) is 0 Å². The molecule has 0 unspecified atom stereocenters. The normalized spacial score (nSPS) is 15.5. The summed E-state index contributed by atoms with van der Waals surface area (Å²) >= 11 is 0. The Labute approximate surface area is 136 Å². The van der Waals surface area contributed by atoms with Crippen LogP contribution in [0.3, 0.4) is 0 Å². The number of benzene rings is 1. The molecule has 3 rings (SSSR count). The molecule has 1 aromatic heterocycles. The lowest BCUT2D eigenvalue weighted by Crippen LogP contribution is -2.44. The summed E-state index contributed by atoms with van der Waals surface area (Å²) in [6.45, 7) is 5.76. The van der Waals surface area contributed by atoms with Crippen molar-refractivity contribution in [3.63, 3.8) is 0 Å². The van der Waals surface area contributed by atoms with Gasteiger partial charge in [0, 0.05) is 32.4 Å². The Morgan fingerprint density at radius 1 is 1.13 bits per heavy atom. The first-order valence-electron chi connectivity index (χ1n) is 7.76. The van der Waals surface area contributed by atoms with Crippen molar-refractivity contribution < 1.29 is 4.79 Å². The summed E-state index contributed by atoms with van der Waals surface area (Å²) in [5.41, 5.74) is 2.92. The quantitative estimate of drug-likeness (QED) is 0.936. The molecule has 1 fully saturated rings. The first-order chi connectivity index (χ1) is 11.1. The fourth-order valence-electron chi connectivity index (χ4n) is 2.66. The lowest BCUT2D eigenvalue weighted by atomic mass is 10.2. The molecule has 1 N–H and O–H groups in total. The van der Waals surface area contributed by atoms with Crippen LogP contribution in [0.1, 0.15) is 16.2 Å². The SMILES string of the molecule is Cc1cncc(C(=O)Nc2ccccc2N2CCN(C)CC2)n1. The molecule has 2 aromatic rings. The lowest BCUT2D eigenvalue weighted by Gasteiger charge is -2.35. The number of hydrogen-bond donors (Lipinski definition) is 1. The van der Waals surface area contributed by atoms with Crippen LogP contribution >= 0.6 is 0 Å². The highest BCUT2D eigenvalue weighted by Gasteiger charge is 2.18. The maximum absolute atomic E-state index is 12.4. The summed E-state index contributed by atoms with van der Waals surface area (Å²) in [6.07, 6.45) is 3.12. The molecule has 0 aliphatic carbocycles. The third kappa shape index (κ3) is 3.65. The van der Waals surface area contributed by atoms with Gasteiger partial charge in [-0.2, -0.15) is 0 Å².